The first-order valence-corrected chi connectivity index (χ1v) is 7.67. The fourth-order valence-electron chi connectivity index (χ4n) is 2.77. The van der Waals surface area contributed by atoms with Crippen LogP contribution in [0.5, 0.6) is 0 Å². The van der Waals surface area contributed by atoms with Crippen LogP contribution in [-0.4, -0.2) is 19.5 Å². The molecule has 4 heteroatoms. The molecule has 0 saturated carbocycles. The van der Waals surface area contributed by atoms with E-state index in [4.69, 9.17) is 4.89 Å². The predicted molar refractivity (Wildman–Crippen MR) is 88.7 cm³/mol. The van der Waals surface area contributed by atoms with E-state index in [1.165, 1.54) is 7.11 Å². The predicted octanol–water partition coefficient (Wildman–Crippen LogP) is 3.94. The van der Waals surface area contributed by atoms with Gasteiger partial charge in [-0.2, -0.15) is 5.26 Å². The van der Waals surface area contributed by atoms with E-state index in [2.05, 4.69) is 11.0 Å². The second-order valence-corrected chi connectivity index (χ2v) is 5.70. The van der Waals surface area contributed by atoms with Crippen molar-refractivity contribution in [2.45, 2.75) is 31.6 Å². The van der Waals surface area contributed by atoms with Crippen LogP contribution in [0.4, 0.5) is 0 Å². The van der Waals surface area contributed by atoms with Gasteiger partial charge in [0.25, 0.3) is 0 Å². The van der Waals surface area contributed by atoms with E-state index >= 15 is 0 Å². The maximum Gasteiger partial charge on any atom is 0.129 e. The lowest BCUT2D eigenvalue weighted by Gasteiger charge is -2.27. The van der Waals surface area contributed by atoms with Gasteiger partial charge in [-0.3, -0.25) is 0 Å². The summed E-state index contributed by atoms with van der Waals surface area (Å²) >= 11 is 0. The average molecular weight is 311 g/mol. The topological polar surface area (TPSA) is 59.3 Å². The van der Waals surface area contributed by atoms with Crippen LogP contribution in [0.25, 0.3) is 10.8 Å². The molecule has 0 heterocycles. The van der Waals surface area contributed by atoms with Gasteiger partial charge in [-0.05, 0) is 42.2 Å². The highest BCUT2D eigenvalue weighted by atomic mass is 17.2. The lowest BCUT2D eigenvalue weighted by molar-refractivity contribution is -0.274. The van der Waals surface area contributed by atoms with Crippen molar-refractivity contribution in [3.05, 3.63) is 48.0 Å². The van der Waals surface area contributed by atoms with Crippen LogP contribution in [0.15, 0.2) is 42.5 Å². The molecule has 0 N–H and O–H groups in total. The number of fused-ring (bicyclic) bond motifs is 1. The minimum Gasteiger partial charge on any atom is -0.300 e. The fourth-order valence-corrected chi connectivity index (χ4v) is 2.77. The molecule has 120 valence electrons. The molecule has 0 fully saturated rings. The number of carbonyl (C=O) groups excluding carboxylic acids is 1. The zero-order valence-corrected chi connectivity index (χ0v) is 13.5. The smallest absolute Gasteiger partial charge is 0.129 e. The van der Waals surface area contributed by atoms with Gasteiger partial charge in [0.1, 0.15) is 5.78 Å². The third kappa shape index (κ3) is 4.16. The summed E-state index contributed by atoms with van der Waals surface area (Å²) in [5.74, 6) is 0.0816. The van der Waals surface area contributed by atoms with E-state index in [0.29, 0.717) is 25.9 Å². The minimum absolute atomic E-state index is 0.0816. The molecule has 0 saturated heterocycles. The van der Waals surface area contributed by atoms with Crippen LogP contribution in [0, 0.1) is 11.3 Å². The summed E-state index contributed by atoms with van der Waals surface area (Å²) in [6, 6.07) is 16.5. The monoisotopic (exact) mass is 311 g/mol. The molecular weight excluding hydrogens is 290 g/mol. The van der Waals surface area contributed by atoms with Crippen LogP contribution in [0.3, 0.4) is 0 Å². The van der Waals surface area contributed by atoms with Gasteiger partial charge in [-0.15, -0.1) is 0 Å². The molecular formula is C19H21NO3. The highest BCUT2D eigenvalue weighted by Crippen LogP contribution is 2.34. The largest absolute Gasteiger partial charge is 0.300 e. The van der Waals surface area contributed by atoms with Crippen LogP contribution in [0.1, 0.15) is 31.7 Å². The molecule has 1 unspecified atom stereocenters. The average Bonchev–Trinajstić information content (AvgIpc) is 2.58. The SMILES string of the molecule is COOCCC(C#N)(CCC(C)=O)c1ccc2ccccc2c1. The van der Waals surface area contributed by atoms with Gasteiger partial charge in [-0.1, -0.05) is 36.4 Å². The number of rotatable bonds is 8. The number of benzene rings is 2. The van der Waals surface area contributed by atoms with Crippen molar-refractivity contribution < 1.29 is 14.6 Å². The number of hydrogen-bond donors (Lipinski definition) is 0. The van der Waals surface area contributed by atoms with Gasteiger partial charge in [0.05, 0.1) is 25.2 Å². The molecule has 0 aliphatic heterocycles. The number of Topliss-reactive ketones (excluding diaryl/α,β-unsaturated/α-hetero) is 1. The number of hydrogen-bond acceptors (Lipinski definition) is 4. The van der Waals surface area contributed by atoms with Gasteiger partial charge in [-0.25, -0.2) is 9.78 Å². The highest BCUT2D eigenvalue weighted by Gasteiger charge is 2.32. The normalized spacial score (nSPS) is 13.4. The molecule has 2 aromatic carbocycles. The van der Waals surface area contributed by atoms with Gasteiger partial charge in [0.15, 0.2) is 0 Å². The van der Waals surface area contributed by atoms with Crippen molar-refractivity contribution in [3.63, 3.8) is 0 Å². The summed E-state index contributed by atoms with van der Waals surface area (Å²) in [7, 11) is 1.44. The Hall–Kier alpha value is -2.22. The van der Waals surface area contributed by atoms with E-state index in [9.17, 15) is 10.1 Å². The van der Waals surface area contributed by atoms with Gasteiger partial charge < -0.3 is 4.79 Å². The Bertz CT molecular complexity index is 720. The van der Waals surface area contributed by atoms with Crippen molar-refractivity contribution in [2.24, 2.45) is 0 Å². The Balaban J connectivity index is 2.39. The van der Waals surface area contributed by atoms with Crippen LogP contribution in [-0.2, 0) is 20.0 Å². The molecule has 4 nitrogen and oxygen atoms in total. The zero-order valence-electron chi connectivity index (χ0n) is 13.5. The maximum absolute atomic E-state index is 11.4. The molecule has 2 aromatic rings. The molecule has 0 aliphatic carbocycles. The number of nitriles is 1. The van der Waals surface area contributed by atoms with Crippen molar-refractivity contribution >= 4 is 16.6 Å². The summed E-state index contributed by atoms with van der Waals surface area (Å²) < 4.78 is 0. The fraction of sp³-hybridized carbons (Fsp3) is 0.368. The maximum atomic E-state index is 11.4. The summed E-state index contributed by atoms with van der Waals surface area (Å²) in [6.07, 6.45) is 1.32. The highest BCUT2D eigenvalue weighted by molar-refractivity contribution is 5.83. The molecule has 0 amide bonds. The summed E-state index contributed by atoms with van der Waals surface area (Å²) in [5, 5.41) is 12.1. The number of carbonyl (C=O) groups is 1. The Morgan fingerprint density at radius 1 is 1.17 bits per heavy atom. The Labute approximate surface area is 136 Å². The van der Waals surface area contributed by atoms with Gasteiger partial charge >= 0.3 is 0 Å². The molecule has 0 radical (unpaired) electrons. The number of nitrogens with zero attached hydrogens (tertiary/aromatic N) is 1. The summed E-state index contributed by atoms with van der Waals surface area (Å²) in [6.45, 7) is 1.85. The first kappa shape index (κ1) is 17.1. The van der Waals surface area contributed by atoms with Crippen LogP contribution in [0.2, 0.25) is 0 Å². The molecule has 0 aliphatic rings. The third-order valence-corrected chi connectivity index (χ3v) is 4.15. The second-order valence-electron chi connectivity index (χ2n) is 5.70. The Kier molecular flexibility index (Phi) is 5.86. The Morgan fingerprint density at radius 2 is 1.91 bits per heavy atom. The van der Waals surface area contributed by atoms with E-state index in [1.807, 2.05) is 42.5 Å². The van der Waals surface area contributed by atoms with Crippen molar-refractivity contribution in [1.29, 1.82) is 5.26 Å². The van der Waals surface area contributed by atoms with Gasteiger partial charge in [0.2, 0.25) is 0 Å². The van der Waals surface area contributed by atoms with Crippen molar-refractivity contribution in [2.75, 3.05) is 13.7 Å². The van der Waals surface area contributed by atoms with Gasteiger partial charge in [0, 0.05) is 6.42 Å². The lowest BCUT2D eigenvalue weighted by atomic mass is 9.74. The summed E-state index contributed by atoms with van der Waals surface area (Å²) in [5.41, 5.74) is 0.161. The van der Waals surface area contributed by atoms with E-state index in [-0.39, 0.29) is 5.78 Å². The molecule has 0 bridgehead atoms. The molecule has 2 rings (SSSR count). The summed E-state index contributed by atoms with van der Waals surface area (Å²) in [4.78, 5) is 21.0. The lowest BCUT2D eigenvalue weighted by Crippen LogP contribution is -2.27. The van der Waals surface area contributed by atoms with E-state index < -0.39 is 5.41 Å². The first-order valence-electron chi connectivity index (χ1n) is 7.67. The van der Waals surface area contributed by atoms with Crippen LogP contribution >= 0.6 is 0 Å². The van der Waals surface area contributed by atoms with Crippen molar-refractivity contribution in [3.8, 4) is 6.07 Å². The van der Waals surface area contributed by atoms with E-state index in [1.54, 1.807) is 6.92 Å². The Morgan fingerprint density at radius 3 is 2.57 bits per heavy atom. The van der Waals surface area contributed by atoms with Crippen molar-refractivity contribution in [1.82, 2.24) is 0 Å². The quantitative estimate of drug-likeness (QED) is 0.421. The van der Waals surface area contributed by atoms with Crippen LogP contribution < -0.4 is 0 Å². The standard InChI is InChI=1S/C19H21NO3/c1-15(21)9-10-19(14-20,11-12-23-22-2)18-8-7-16-5-3-4-6-17(16)13-18/h3-8,13H,9-12H2,1-2H3. The second kappa shape index (κ2) is 7.87. The zero-order chi connectivity index (χ0) is 16.7. The molecule has 0 aromatic heterocycles. The third-order valence-electron chi connectivity index (χ3n) is 4.15. The molecule has 23 heavy (non-hydrogen) atoms. The molecule has 1 atom stereocenters. The molecule has 0 spiro atoms. The minimum atomic E-state index is -0.756. The first-order chi connectivity index (χ1) is 11.1. The number of ketones is 1. The van der Waals surface area contributed by atoms with E-state index in [0.717, 1.165) is 16.3 Å².